The highest BCUT2D eigenvalue weighted by molar-refractivity contribution is 6.31. The zero-order chi connectivity index (χ0) is 19.2. The number of hydrogen-bond acceptors (Lipinski definition) is 5. The molecule has 0 radical (unpaired) electrons. The summed E-state index contributed by atoms with van der Waals surface area (Å²) in [5, 5.41) is 26.2. The van der Waals surface area contributed by atoms with Crippen molar-refractivity contribution in [2.24, 2.45) is 0 Å². The lowest BCUT2D eigenvalue weighted by Crippen LogP contribution is -2.12. The van der Waals surface area contributed by atoms with Gasteiger partial charge in [-0.1, -0.05) is 35.9 Å². The molecule has 0 fully saturated rings. The Balaban J connectivity index is 1.71. The molecule has 0 aliphatic rings. The summed E-state index contributed by atoms with van der Waals surface area (Å²) >= 11 is 5.96. The third-order valence-electron chi connectivity index (χ3n) is 4.24. The Bertz CT molecular complexity index is 963. The maximum Gasteiger partial charge on any atom is 0.255 e. The van der Waals surface area contributed by atoms with Gasteiger partial charge in [-0.15, -0.1) is 10.2 Å². The van der Waals surface area contributed by atoms with Crippen molar-refractivity contribution in [3.8, 4) is 6.07 Å². The second-order valence-electron chi connectivity index (χ2n) is 6.05. The normalized spacial score (nSPS) is 11.6. The fraction of sp³-hybridized carbons (Fsp3) is 0.211. The predicted molar refractivity (Wildman–Crippen MR) is 101 cm³/mol. The van der Waals surface area contributed by atoms with E-state index in [-0.39, 0.29) is 11.8 Å². The fourth-order valence-electron chi connectivity index (χ4n) is 2.81. The van der Waals surface area contributed by atoms with Crippen LogP contribution >= 0.6 is 11.6 Å². The average molecular weight is 381 g/mol. The molecule has 1 aromatic heterocycles. The van der Waals surface area contributed by atoms with Crippen molar-refractivity contribution in [1.82, 2.24) is 20.6 Å². The van der Waals surface area contributed by atoms with Gasteiger partial charge in [0.05, 0.1) is 11.6 Å². The third-order valence-corrected chi connectivity index (χ3v) is 4.46. The van der Waals surface area contributed by atoms with E-state index in [4.69, 9.17) is 16.9 Å². The van der Waals surface area contributed by atoms with E-state index < -0.39 is 0 Å². The summed E-state index contributed by atoms with van der Waals surface area (Å²) in [6.45, 7) is 2.10. The number of nitriles is 1. The summed E-state index contributed by atoms with van der Waals surface area (Å²) in [7, 11) is 0. The van der Waals surface area contributed by atoms with Crippen LogP contribution < -0.4 is 5.32 Å². The number of amides is 1. The number of aromatic amines is 1. The Morgan fingerprint density at radius 3 is 2.70 bits per heavy atom. The molecule has 2 aromatic carbocycles. The van der Waals surface area contributed by atoms with Crippen molar-refractivity contribution in [3.63, 3.8) is 0 Å². The Labute approximate surface area is 161 Å². The third kappa shape index (κ3) is 4.68. The molecule has 3 aromatic rings. The lowest BCUT2D eigenvalue weighted by atomic mass is 9.93. The lowest BCUT2D eigenvalue weighted by molar-refractivity contribution is 0.102. The van der Waals surface area contributed by atoms with Crippen LogP contribution in [-0.4, -0.2) is 26.5 Å². The number of benzene rings is 2. The zero-order valence-corrected chi connectivity index (χ0v) is 15.4. The topological polar surface area (TPSA) is 107 Å². The predicted octanol–water partition coefficient (Wildman–Crippen LogP) is 3.71. The average Bonchev–Trinajstić information content (AvgIpc) is 3.19. The Kier molecular flexibility index (Phi) is 5.79. The molecule has 8 heteroatoms. The quantitative estimate of drug-likeness (QED) is 0.677. The number of hydrogen-bond donors (Lipinski definition) is 2. The Hall–Kier alpha value is -3.24. The maximum absolute atomic E-state index is 12.4. The number of H-pyrrole nitrogens is 1. The molecule has 0 saturated carbocycles. The van der Waals surface area contributed by atoms with E-state index in [0.717, 1.165) is 12.0 Å². The molecular formula is C19H17ClN6O. The van der Waals surface area contributed by atoms with Crippen molar-refractivity contribution in [3.05, 3.63) is 70.0 Å². The van der Waals surface area contributed by atoms with Crippen LogP contribution in [0, 0.1) is 11.3 Å². The standard InChI is InChI=1S/C19H17ClN6O/c1-2-13(10-18-23-25-26-24-18)14-3-5-17(6-4-14)22-19(27)15-7-12(11-21)8-16(20)9-15/h3-9,13H,2,10H2,1H3,(H,22,27)(H,23,24,25,26)/t13-/m1/s1. The van der Waals surface area contributed by atoms with Gasteiger partial charge in [0.15, 0.2) is 5.82 Å². The van der Waals surface area contributed by atoms with Crippen LogP contribution in [0.3, 0.4) is 0 Å². The van der Waals surface area contributed by atoms with E-state index in [2.05, 4.69) is 32.9 Å². The number of rotatable bonds is 6. The smallest absolute Gasteiger partial charge is 0.255 e. The number of carbonyl (C=O) groups excluding carboxylic acids is 1. The summed E-state index contributed by atoms with van der Waals surface area (Å²) < 4.78 is 0. The van der Waals surface area contributed by atoms with Gasteiger partial charge >= 0.3 is 0 Å². The number of aromatic nitrogens is 4. The van der Waals surface area contributed by atoms with E-state index in [1.807, 2.05) is 30.3 Å². The van der Waals surface area contributed by atoms with Gasteiger partial charge in [-0.05, 0) is 48.2 Å². The van der Waals surface area contributed by atoms with E-state index in [9.17, 15) is 4.79 Å². The first-order chi connectivity index (χ1) is 13.1. The fourth-order valence-corrected chi connectivity index (χ4v) is 3.05. The molecule has 0 aliphatic heterocycles. The molecule has 0 spiro atoms. The maximum atomic E-state index is 12.4. The van der Waals surface area contributed by atoms with Gasteiger partial charge in [-0.3, -0.25) is 4.79 Å². The molecule has 1 amide bonds. The first kappa shape index (κ1) is 18.5. The summed E-state index contributed by atoms with van der Waals surface area (Å²) in [4.78, 5) is 12.4. The minimum Gasteiger partial charge on any atom is -0.322 e. The number of tetrazole rings is 1. The van der Waals surface area contributed by atoms with Crippen LogP contribution in [0.5, 0.6) is 0 Å². The van der Waals surface area contributed by atoms with Crippen LogP contribution in [0.15, 0.2) is 42.5 Å². The highest BCUT2D eigenvalue weighted by Gasteiger charge is 2.14. The van der Waals surface area contributed by atoms with Crippen molar-refractivity contribution in [2.75, 3.05) is 5.32 Å². The van der Waals surface area contributed by atoms with Crippen molar-refractivity contribution in [2.45, 2.75) is 25.7 Å². The summed E-state index contributed by atoms with van der Waals surface area (Å²) in [6.07, 6.45) is 1.62. The van der Waals surface area contributed by atoms with Gasteiger partial charge < -0.3 is 5.32 Å². The number of carbonyl (C=O) groups is 1. The molecule has 7 nitrogen and oxygen atoms in total. The second-order valence-corrected chi connectivity index (χ2v) is 6.49. The molecule has 136 valence electrons. The highest BCUT2D eigenvalue weighted by atomic mass is 35.5. The molecule has 0 aliphatic carbocycles. The van der Waals surface area contributed by atoms with Crippen molar-refractivity contribution < 1.29 is 4.79 Å². The molecule has 2 N–H and O–H groups in total. The van der Waals surface area contributed by atoms with Crippen molar-refractivity contribution >= 4 is 23.2 Å². The van der Waals surface area contributed by atoms with Crippen LogP contribution in [-0.2, 0) is 6.42 Å². The van der Waals surface area contributed by atoms with E-state index in [0.29, 0.717) is 34.1 Å². The van der Waals surface area contributed by atoms with Crippen LogP contribution in [0.2, 0.25) is 5.02 Å². The summed E-state index contributed by atoms with van der Waals surface area (Å²) in [5.74, 6) is 0.618. The monoisotopic (exact) mass is 380 g/mol. The van der Waals surface area contributed by atoms with Gasteiger partial charge in [-0.2, -0.15) is 10.5 Å². The lowest BCUT2D eigenvalue weighted by Gasteiger charge is -2.14. The van der Waals surface area contributed by atoms with Gasteiger partial charge in [0.25, 0.3) is 5.91 Å². The van der Waals surface area contributed by atoms with E-state index in [1.54, 1.807) is 0 Å². The van der Waals surface area contributed by atoms with Crippen LogP contribution in [0.1, 0.15) is 46.6 Å². The molecule has 0 saturated heterocycles. The Morgan fingerprint density at radius 2 is 2.07 bits per heavy atom. The van der Waals surface area contributed by atoms with E-state index >= 15 is 0 Å². The van der Waals surface area contributed by atoms with Crippen LogP contribution in [0.4, 0.5) is 5.69 Å². The van der Waals surface area contributed by atoms with Gasteiger partial charge in [0.1, 0.15) is 0 Å². The van der Waals surface area contributed by atoms with Gasteiger partial charge in [0, 0.05) is 22.7 Å². The van der Waals surface area contributed by atoms with Gasteiger partial charge in [0.2, 0.25) is 0 Å². The Morgan fingerprint density at radius 1 is 1.30 bits per heavy atom. The molecular weight excluding hydrogens is 364 g/mol. The first-order valence-corrected chi connectivity index (χ1v) is 8.81. The number of anilines is 1. The zero-order valence-electron chi connectivity index (χ0n) is 14.6. The van der Waals surface area contributed by atoms with Crippen molar-refractivity contribution in [1.29, 1.82) is 5.26 Å². The molecule has 1 atom stereocenters. The second kappa shape index (κ2) is 8.43. The number of halogens is 1. The minimum atomic E-state index is -0.319. The number of nitrogens with zero attached hydrogens (tertiary/aromatic N) is 4. The molecule has 27 heavy (non-hydrogen) atoms. The molecule has 0 bridgehead atoms. The minimum absolute atomic E-state index is 0.262. The first-order valence-electron chi connectivity index (χ1n) is 8.43. The number of nitrogens with one attached hydrogen (secondary N) is 2. The SMILES string of the molecule is CC[C@H](Cc1nn[nH]n1)c1ccc(NC(=O)c2cc(Cl)cc(C#N)c2)cc1. The highest BCUT2D eigenvalue weighted by Crippen LogP contribution is 2.24. The van der Waals surface area contributed by atoms with Crippen LogP contribution in [0.25, 0.3) is 0 Å². The molecule has 1 heterocycles. The van der Waals surface area contributed by atoms with E-state index in [1.165, 1.54) is 18.2 Å². The molecule has 0 unspecified atom stereocenters. The largest absolute Gasteiger partial charge is 0.322 e. The van der Waals surface area contributed by atoms with Gasteiger partial charge in [-0.25, -0.2) is 0 Å². The molecule has 3 rings (SSSR count). The summed E-state index contributed by atoms with van der Waals surface area (Å²) in [5.41, 5.74) is 2.48. The summed E-state index contributed by atoms with van der Waals surface area (Å²) in [6, 6.07) is 14.2.